The molecule has 14 heavy (non-hydrogen) atoms. The van der Waals surface area contributed by atoms with E-state index in [1.807, 2.05) is 0 Å². The average Bonchev–Trinajstić information content (AvgIpc) is 2.47. The number of carbonyl (C=O) groups excluding carboxylic acids is 1. The number of ketones is 1. The van der Waals surface area contributed by atoms with Crippen LogP contribution in [-0.4, -0.2) is 18.4 Å². The smallest absolute Gasteiger partial charge is 0.152 e. The van der Waals surface area contributed by atoms with E-state index in [4.69, 9.17) is 0 Å². The predicted octanol–water partition coefficient (Wildman–Crippen LogP) is 2.52. The molecule has 1 rings (SSSR count). The molecule has 1 saturated heterocycles. The highest BCUT2D eigenvalue weighted by Crippen LogP contribution is 2.16. The van der Waals surface area contributed by atoms with Gasteiger partial charge in [0.15, 0.2) is 5.78 Å². The van der Waals surface area contributed by atoms with Gasteiger partial charge >= 0.3 is 0 Å². The standard InChI is InChI=1S/C12H23NO/c1-3-10(4-2)12(14)11-8-6-5-7-9-13-11/h10-11,13H,3-9H2,1-2H3. The van der Waals surface area contributed by atoms with Gasteiger partial charge in [-0.05, 0) is 32.2 Å². The topological polar surface area (TPSA) is 29.1 Å². The van der Waals surface area contributed by atoms with Crippen molar-refractivity contribution in [3.05, 3.63) is 0 Å². The molecule has 0 aliphatic carbocycles. The maximum absolute atomic E-state index is 12.1. The molecule has 1 aliphatic rings. The molecule has 0 amide bonds. The fraction of sp³-hybridized carbons (Fsp3) is 0.917. The molecule has 1 atom stereocenters. The first-order valence-corrected chi connectivity index (χ1v) is 6.06. The first-order chi connectivity index (χ1) is 6.79. The Kier molecular flexibility index (Phi) is 5.16. The first-order valence-electron chi connectivity index (χ1n) is 6.06. The van der Waals surface area contributed by atoms with Crippen molar-refractivity contribution in [2.45, 2.75) is 58.4 Å². The van der Waals surface area contributed by atoms with Gasteiger partial charge in [0.05, 0.1) is 6.04 Å². The highest BCUT2D eigenvalue weighted by molar-refractivity contribution is 5.86. The summed E-state index contributed by atoms with van der Waals surface area (Å²) in [7, 11) is 0. The molecule has 82 valence electrons. The molecule has 0 bridgehead atoms. The van der Waals surface area contributed by atoms with Gasteiger partial charge in [0.25, 0.3) is 0 Å². The van der Waals surface area contributed by atoms with E-state index >= 15 is 0 Å². The highest BCUT2D eigenvalue weighted by Gasteiger charge is 2.24. The molecular weight excluding hydrogens is 174 g/mol. The summed E-state index contributed by atoms with van der Waals surface area (Å²) in [6.07, 6.45) is 6.76. The Labute approximate surface area is 87.5 Å². The highest BCUT2D eigenvalue weighted by atomic mass is 16.1. The molecule has 0 radical (unpaired) electrons. The van der Waals surface area contributed by atoms with E-state index in [0.717, 1.165) is 25.8 Å². The van der Waals surface area contributed by atoms with Crippen LogP contribution in [0.4, 0.5) is 0 Å². The molecule has 1 aliphatic heterocycles. The minimum Gasteiger partial charge on any atom is -0.307 e. The second-order valence-electron chi connectivity index (χ2n) is 4.27. The molecule has 0 spiro atoms. The maximum Gasteiger partial charge on any atom is 0.152 e. The van der Waals surface area contributed by atoms with E-state index in [0.29, 0.717) is 5.78 Å². The molecule has 0 saturated carbocycles. The van der Waals surface area contributed by atoms with Crippen molar-refractivity contribution in [1.29, 1.82) is 0 Å². The lowest BCUT2D eigenvalue weighted by Crippen LogP contribution is -2.39. The number of rotatable bonds is 4. The third-order valence-corrected chi connectivity index (χ3v) is 3.29. The SMILES string of the molecule is CCC(CC)C(=O)C1CCCCCN1. The van der Waals surface area contributed by atoms with Crippen LogP contribution in [0.25, 0.3) is 0 Å². The maximum atomic E-state index is 12.1. The van der Waals surface area contributed by atoms with Crippen LogP contribution in [0.5, 0.6) is 0 Å². The van der Waals surface area contributed by atoms with Crippen LogP contribution >= 0.6 is 0 Å². The van der Waals surface area contributed by atoms with Gasteiger partial charge < -0.3 is 5.32 Å². The summed E-state index contributed by atoms with van der Waals surface area (Å²) < 4.78 is 0. The lowest BCUT2D eigenvalue weighted by Gasteiger charge is -2.19. The quantitative estimate of drug-likeness (QED) is 0.750. The Morgan fingerprint density at radius 2 is 2.00 bits per heavy atom. The van der Waals surface area contributed by atoms with Crippen molar-refractivity contribution < 1.29 is 4.79 Å². The Morgan fingerprint density at radius 3 is 2.64 bits per heavy atom. The Morgan fingerprint density at radius 1 is 1.29 bits per heavy atom. The Balaban J connectivity index is 2.48. The summed E-state index contributed by atoms with van der Waals surface area (Å²) >= 11 is 0. The summed E-state index contributed by atoms with van der Waals surface area (Å²) in [5.74, 6) is 0.738. The number of hydrogen-bond acceptors (Lipinski definition) is 2. The fourth-order valence-corrected chi connectivity index (χ4v) is 2.25. The van der Waals surface area contributed by atoms with E-state index in [1.54, 1.807) is 0 Å². The number of Topliss-reactive ketones (excluding diaryl/α,β-unsaturated/α-hetero) is 1. The van der Waals surface area contributed by atoms with Crippen LogP contribution in [-0.2, 0) is 4.79 Å². The van der Waals surface area contributed by atoms with Crippen LogP contribution < -0.4 is 5.32 Å². The fourth-order valence-electron chi connectivity index (χ4n) is 2.25. The van der Waals surface area contributed by atoms with Gasteiger partial charge in [0, 0.05) is 5.92 Å². The lowest BCUT2D eigenvalue weighted by atomic mass is 9.91. The van der Waals surface area contributed by atoms with Crippen LogP contribution in [0.15, 0.2) is 0 Å². The van der Waals surface area contributed by atoms with E-state index in [-0.39, 0.29) is 12.0 Å². The zero-order valence-electron chi connectivity index (χ0n) is 9.51. The van der Waals surface area contributed by atoms with E-state index in [9.17, 15) is 4.79 Å². The van der Waals surface area contributed by atoms with Gasteiger partial charge in [0.2, 0.25) is 0 Å². The van der Waals surface area contributed by atoms with Crippen LogP contribution in [0.2, 0.25) is 0 Å². The van der Waals surface area contributed by atoms with Gasteiger partial charge in [0.1, 0.15) is 0 Å². The summed E-state index contributed by atoms with van der Waals surface area (Å²) in [5, 5.41) is 3.38. The molecule has 1 unspecified atom stereocenters. The van der Waals surface area contributed by atoms with Crippen molar-refractivity contribution in [3.8, 4) is 0 Å². The Bertz CT molecular complexity index is 167. The van der Waals surface area contributed by atoms with E-state index in [1.165, 1.54) is 19.3 Å². The average molecular weight is 197 g/mol. The number of carbonyl (C=O) groups is 1. The normalized spacial score (nSPS) is 23.5. The predicted molar refractivity (Wildman–Crippen MR) is 59.3 cm³/mol. The molecule has 1 fully saturated rings. The molecular formula is C12H23NO. The van der Waals surface area contributed by atoms with Crippen LogP contribution in [0.1, 0.15) is 52.4 Å². The van der Waals surface area contributed by atoms with Crippen LogP contribution in [0, 0.1) is 5.92 Å². The van der Waals surface area contributed by atoms with Crippen molar-refractivity contribution in [3.63, 3.8) is 0 Å². The first kappa shape index (κ1) is 11.7. The third-order valence-electron chi connectivity index (χ3n) is 3.29. The Hall–Kier alpha value is -0.370. The molecule has 2 nitrogen and oxygen atoms in total. The van der Waals surface area contributed by atoms with Crippen molar-refractivity contribution in [1.82, 2.24) is 5.32 Å². The van der Waals surface area contributed by atoms with Crippen molar-refractivity contribution in [2.75, 3.05) is 6.54 Å². The molecule has 2 heteroatoms. The third kappa shape index (κ3) is 3.09. The zero-order valence-corrected chi connectivity index (χ0v) is 9.51. The molecule has 0 aromatic carbocycles. The van der Waals surface area contributed by atoms with Crippen LogP contribution in [0.3, 0.4) is 0 Å². The largest absolute Gasteiger partial charge is 0.307 e. The van der Waals surface area contributed by atoms with Gasteiger partial charge in [-0.2, -0.15) is 0 Å². The number of nitrogens with one attached hydrogen (secondary N) is 1. The second kappa shape index (κ2) is 6.18. The van der Waals surface area contributed by atoms with Crippen molar-refractivity contribution >= 4 is 5.78 Å². The van der Waals surface area contributed by atoms with E-state index in [2.05, 4.69) is 19.2 Å². The molecule has 0 aromatic heterocycles. The van der Waals surface area contributed by atoms with E-state index < -0.39 is 0 Å². The minimum atomic E-state index is 0.155. The van der Waals surface area contributed by atoms with Gasteiger partial charge in [-0.1, -0.05) is 26.7 Å². The second-order valence-corrected chi connectivity index (χ2v) is 4.27. The number of hydrogen-bond donors (Lipinski definition) is 1. The molecule has 0 aromatic rings. The van der Waals surface area contributed by atoms with Gasteiger partial charge in [-0.25, -0.2) is 0 Å². The summed E-state index contributed by atoms with van der Waals surface area (Å²) in [5.41, 5.74) is 0. The lowest BCUT2D eigenvalue weighted by molar-refractivity contribution is -0.125. The van der Waals surface area contributed by atoms with Gasteiger partial charge in [-0.3, -0.25) is 4.79 Å². The monoisotopic (exact) mass is 197 g/mol. The minimum absolute atomic E-state index is 0.155. The molecule has 1 heterocycles. The van der Waals surface area contributed by atoms with Crippen molar-refractivity contribution in [2.24, 2.45) is 5.92 Å². The zero-order chi connectivity index (χ0) is 10.4. The molecule has 1 N–H and O–H groups in total. The summed E-state index contributed by atoms with van der Waals surface area (Å²) in [6.45, 7) is 5.25. The van der Waals surface area contributed by atoms with Gasteiger partial charge in [-0.15, -0.1) is 0 Å². The summed E-state index contributed by atoms with van der Waals surface area (Å²) in [4.78, 5) is 12.1. The summed E-state index contributed by atoms with van der Waals surface area (Å²) in [6, 6.07) is 0.155.